The molecule has 1 aromatic carbocycles. The molecule has 0 saturated carbocycles. The molecule has 0 saturated heterocycles. The highest BCUT2D eigenvalue weighted by molar-refractivity contribution is 5.28. The molecule has 20 heavy (non-hydrogen) atoms. The van der Waals surface area contributed by atoms with Crippen molar-refractivity contribution in [1.29, 1.82) is 0 Å². The first-order valence-electron chi connectivity index (χ1n) is 6.60. The molecular formula is C15H19N3O2. The molecule has 0 aliphatic carbocycles. The van der Waals surface area contributed by atoms with Gasteiger partial charge in [0.1, 0.15) is 18.2 Å². The van der Waals surface area contributed by atoms with E-state index in [2.05, 4.69) is 23.8 Å². The summed E-state index contributed by atoms with van der Waals surface area (Å²) in [6.45, 7) is 4.73. The average Bonchev–Trinajstić information content (AvgIpc) is 2.45. The number of hydrogen-bond acceptors (Lipinski definition) is 4. The third-order valence-electron chi connectivity index (χ3n) is 2.98. The Kier molecular flexibility index (Phi) is 4.53. The van der Waals surface area contributed by atoms with Crippen LogP contribution in [0.5, 0.6) is 5.75 Å². The van der Waals surface area contributed by atoms with E-state index in [0.717, 1.165) is 5.75 Å². The molecule has 0 atom stereocenters. The van der Waals surface area contributed by atoms with Crippen molar-refractivity contribution in [3.05, 3.63) is 57.8 Å². The number of aromatic amines is 1. The van der Waals surface area contributed by atoms with E-state index in [0.29, 0.717) is 17.4 Å². The summed E-state index contributed by atoms with van der Waals surface area (Å²) in [4.78, 5) is 18.2. The Morgan fingerprint density at radius 3 is 2.60 bits per heavy atom. The van der Waals surface area contributed by atoms with Crippen LogP contribution in [-0.2, 0) is 13.2 Å². The third-order valence-corrected chi connectivity index (χ3v) is 2.98. The fraction of sp³-hybridized carbons (Fsp3) is 0.333. The van der Waals surface area contributed by atoms with E-state index in [1.54, 1.807) is 0 Å². The van der Waals surface area contributed by atoms with Crippen LogP contribution in [0.2, 0.25) is 0 Å². The van der Waals surface area contributed by atoms with Crippen LogP contribution in [0.3, 0.4) is 0 Å². The summed E-state index contributed by atoms with van der Waals surface area (Å²) in [6, 6.07) is 9.29. The SMILES string of the molecule is CC(C)c1ccc(OCc2nc(CN)cc(=O)[nH]2)cc1. The highest BCUT2D eigenvalue weighted by Crippen LogP contribution is 2.18. The van der Waals surface area contributed by atoms with E-state index >= 15 is 0 Å². The second-order valence-corrected chi connectivity index (χ2v) is 4.90. The summed E-state index contributed by atoms with van der Waals surface area (Å²) in [6.07, 6.45) is 0. The van der Waals surface area contributed by atoms with Gasteiger partial charge in [0, 0.05) is 12.6 Å². The van der Waals surface area contributed by atoms with Crippen molar-refractivity contribution in [2.75, 3.05) is 0 Å². The van der Waals surface area contributed by atoms with Crippen LogP contribution in [0, 0.1) is 0 Å². The molecule has 0 aliphatic heterocycles. The molecule has 2 aromatic rings. The lowest BCUT2D eigenvalue weighted by Gasteiger charge is -2.09. The van der Waals surface area contributed by atoms with E-state index in [1.807, 2.05) is 24.3 Å². The van der Waals surface area contributed by atoms with Crippen LogP contribution in [0.1, 0.15) is 36.8 Å². The van der Waals surface area contributed by atoms with Crippen LogP contribution in [-0.4, -0.2) is 9.97 Å². The Bertz CT molecular complexity index is 618. The molecule has 5 heteroatoms. The summed E-state index contributed by atoms with van der Waals surface area (Å²) in [5.41, 5.74) is 7.09. The van der Waals surface area contributed by atoms with E-state index in [1.165, 1.54) is 11.6 Å². The largest absolute Gasteiger partial charge is 0.486 e. The summed E-state index contributed by atoms with van der Waals surface area (Å²) in [7, 11) is 0. The van der Waals surface area contributed by atoms with E-state index in [4.69, 9.17) is 10.5 Å². The zero-order valence-corrected chi connectivity index (χ0v) is 11.7. The van der Waals surface area contributed by atoms with Crippen molar-refractivity contribution >= 4 is 0 Å². The monoisotopic (exact) mass is 273 g/mol. The minimum absolute atomic E-state index is 0.212. The molecule has 0 amide bonds. The van der Waals surface area contributed by atoms with Crippen molar-refractivity contribution in [1.82, 2.24) is 9.97 Å². The molecule has 0 aliphatic rings. The highest BCUT2D eigenvalue weighted by atomic mass is 16.5. The van der Waals surface area contributed by atoms with Gasteiger partial charge in [0.05, 0.1) is 5.69 Å². The maximum atomic E-state index is 11.4. The number of benzene rings is 1. The van der Waals surface area contributed by atoms with Crippen LogP contribution >= 0.6 is 0 Å². The first-order chi connectivity index (χ1) is 9.58. The van der Waals surface area contributed by atoms with Gasteiger partial charge in [0.2, 0.25) is 0 Å². The van der Waals surface area contributed by atoms with Gasteiger partial charge in [-0.1, -0.05) is 26.0 Å². The van der Waals surface area contributed by atoms with Gasteiger partial charge in [-0.2, -0.15) is 0 Å². The van der Waals surface area contributed by atoms with Crippen LogP contribution < -0.4 is 16.0 Å². The van der Waals surface area contributed by atoms with Crippen LogP contribution in [0.4, 0.5) is 0 Å². The maximum absolute atomic E-state index is 11.4. The molecule has 3 N–H and O–H groups in total. The van der Waals surface area contributed by atoms with Crippen molar-refractivity contribution in [3.8, 4) is 5.75 Å². The smallest absolute Gasteiger partial charge is 0.251 e. The molecule has 106 valence electrons. The molecule has 0 unspecified atom stereocenters. The van der Waals surface area contributed by atoms with Crippen LogP contribution in [0.15, 0.2) is 35.1 Å². The molecule has 0 spiro atoms. The minimum atomic E-state index is -0.214. The lowest BCUT2D eigenvalue weighted by Crippen LogP contribution is -2.16. The number of ether oxygens (including phenoxy) is 1. The number of rotatable bonds is 5. The number of nitrogens with zero attached hydrogens (tertiary/aromatic N) is 1. The number of aromatic nitrogens is 2. The summed E-state index contributed by atoms with van der Waals surface area (Å²) >= 11 is 0. The van der Waals surface area contributed by atoms with Gasteiger partial charge in [0.15, 0.2) is 0 Å². The fourth-order valence-corrected chi connectivity index (χ4v) is 1.84. The van der Waals surface area contributed by atoms with Gasteiger partial charge in [0.25, 0.3) is 5.56 Å². The van der Waals surface area contributed by atoms with Crippen molar-refractivity contribution in [2.24, 2.45) is 5.73 Å². The van der Waals surface area contributed by atoms with Gasteiger partial charge < -0.3 is 15.5 Å². The lowest BCUT2D eigenvalue weighted by molar-refractivity contribution is 0.295. The Morgan fingerprint density at radius 1 is 1.30 bits per heavy atom. The van der Waals surface area contributed by atoms with Gasteiger partial charge in [-0.25, -0.2) is 4.98 Å². The molecule has 0 bridgehead atoms. The second kappa shape index (κ2) is 6.34. The average molecular weight is 273 g/mol. The van der Waals surface area contributed by atoms with Gasteiger partial charge in [-0.05, 0) is 23.6 Å². The molecule has 1 aromatic heterocycles. The van der Waals surface area contributed by atoms with Gasteiger partial charge in [-0.15, -0.1) is 0 Å². The summed E-state index contributed by atoms with van der Waals surface area (Å²) < 4.78 is 5.61. The molecule has 5 nitrogen and oxygen atoms in total. The number of hydrogen-bond donors (Lipinski definition) is 2. The Hall–Kier alpha value is -2.14. The lowest BCUT2D eigenvalue weighted by atomic mass is 10.0. The predicted molar refractivity (Wildman–Crippen MR) is 77.6 cm³/mol. The predicted octanol–water partition coefficient (Wildman–Crippen LogP) is 1.93. The fourth-order valence-electron chi connectivity index (χ4n) is 1.84. The summed E-state index contributed by atoms with van der Waals surface area (Å²) in [5.74, 6) is 1.71. The Morgan fingerprint density at radius 2 is 2.00 bits per heavy atom. The topological polar surface area (TPSA) is 81.0 Å². The Labute approximate surface area is 117 Å². The molecule has 0 radical (unpaired) electrons. The molecule has 2 rings (SSSR count). The Balaban J connectivity index is 2.05. The van der Waals surface area contributed by atoms with Crippen molar-refractivity contribution in [3.63, 3.8) is 0 Å². The van der Waals surface area contributed by atoms with Gasteiger partial charge >= 0.3 is 0 Å². The molecule has 1 heterocycles. The number of nitrogens with two attached hydrogens (primary N) is 1. The zero-order valence-electron chi connectivity index (χ0n) is 11.7. The van der Waals surface area contributed by atoms with Gasteiger partial charge in [-0.3, -0.25) is 4.79 Å². The van der Waals surface area contributed by atoms with E-state index < -0.39 is 0 Å². The minimum Gasteiger partial charge on any atom is -0.486 e. The molecule has 0 fully saturated rings. The number of nitrogens with one attached hydrogen (secondary N) is 1. The first kappa shape index (κ1) is 14.3. The van der Waals surface area contributed by atoms with E-state index in [-0.39, 0.29) is 18.7 Å². The normalized spacial score (nSPS) is 10.8. The molecular weight excluding hydrogens is 254 g/mol. The van der Waals surface area contributed by atoms with Crippen molar-refractivity contribution < 1.29 is 4.74 Å². The zero-order chi connectivity index (χ0) is 14.5. The first-order valence-corrected chi connectivity index (χ1v) is 6.60. The maximum Gasteiger partial charge on any atom is 0.251 e. The standard InChI is InChI=1S/C15H19N3O2/c1-10(2)11-3-5-13(6-4-11)20-9-14-17-12(8-16)7-15(19)18-14/h3-7,10H,8-9,16H2,1-2H3,(H,17,18,19). The van der Waals surface area contributed by atoms with Crippen molar-refractivity contribution in [2.45, 2.75) is 32.9 Å². The number of H-pyrrole nitrogens is 1. The van der Waals surface area contributed by atoms with E-state index in [9.17, 15) is 4.79 Å². The van der Waals surface area contributed by atoms with Crippen LogP contribution in [0.25, 0.3) is 0 Å². The third kappa shape index (κ3) is 3.68. The summed E-state index contributed by atoms with van der Waals surface area (Å²) in [5, 5.41) is 0. The highest BCUT2D eigenvalue weighted by Gasteiger charge is 2.03. The quantitative estimate of drug-likeness (QED) is 0.872. The second-order valence-electron chi connectivity index (χ2n) is 4.90.